The zero-order valence-electron chi connectivity index (χ0n) is 11.7. The minimum atomic E-state index is -3.72. The first-order valence-electron chi connectivity index (χ1n) is 6.03. The van der Waals surface area contributed by atoms with Crippen LogP contribution in [0.5, 0.6) is 0 Å². The van der Waals surface area contributed by atoms with Crippen LogP contribution in [0.25, 0.3) is 0 Å². The summed E-state index contributed by atoms with van der Waals surface area (Å²) in [4.78, 5) is 11.3. The minimum absolute atomic E-state index is 0.224. The Morgan fingerprint density at radius 3 is 2.37 bits per heavy atom. The van der Waals surface area contributed by atoms with Crippen LogP contribution in [0.15, 0.2) is 23.1 Å². The van der Waals surface area contributed by atoms with E-state index in [0.29, 0.717) is 5.56 Å². The van der Waals surface area contributed by atoms with Gasteiger partial charge in [0.05, 0.1) is 11.4 Å². The lowest BCUT2D eigenvalue weighted by atomic mass is 10.2. The number of rotatable bonds is 5. The van der Waals surface area contributed by atoms with Gasteiger partial charge in [-0.2, -0.15) is 4.31 Å². The molecule has 0 spiro atoms. The van der Waals surface area contributed by atoms with E-state index in [0.717, 1.165) is 9.87 Å². The van der Waals surface area contributed by atoms with Gasteiger partial charge in [0.15, 0.2) is 0 Å². The maximum Gasteiger partial charge on any atom is 0.244 e. The molecule has 0 atom stereocenters. The number of sulfonamides is 1. The molecule has 0 unspecified atom stereocenters. The van der Waals surface area contributed by atoms with Gasteiger partial charge < -0.3 is 5.73 Å². The van der Waals surface area contributed by atoms with E-state index in [9.17, 15) is 13.2 Å². The smallest absolute Gasteiger partial charge is 0.244 e. The molecule has 0 fully saturated rings. The predicted octanol–water partition coefficient (Wildman–Crippen LogP) is 1.19. The summed E-state index contributed by atoms with van der Waals surface area (Å²) in [5.41, 5.74) is 6.64. The number of carbonyl (C=O) groups is 1. The third kappa shape index (κ3) is 3.54. The number of amides is 1. The Morgan fingerprint density at radius 2 is 1.89 bits per heavy atom. The molecule has 1 rings (SSSR count). The lowest BCUT2D eigenvalue weighted by Crippen LogP contribution is -2.42. The summed E-state index contributed by atoms with van der Waals surface area (Å²) < 4.78 is 26.3. The fourth-order valence-electron chi connectivity index (χ4n) is 1.81. The Bertz CT molecular complexity index is 580. The summed E-state index contributed by atoms with van der Waals surface area (Å²) in [5, 5.41) is 0. The van der Waals surface area contributed by atoms with Crippen LogP contribution in [0.1, 0.15) is 25.0 Å². The summed E-state index contributed by atoms with van der Waals surface area (Å²) in [6, 6.07) is 4.88. The van der Waals surface area contributed by atoms with Gasteiger partial charge in [-0.3, -0.25) is 4.79 Å². The van der Waals surface area contributed by atoms with Crippen molar-refractivity contribution in [3.63, 3.8) is 0 Å². The summed E-state index contributed by atoms with van der Waals surface area (Å²) >= 11 is 0. The van der Waals surface area contributed by atoms with Crippen molar-refractivity contribution in [2.75, 3.05) is 6.54 Å². The van der Waals surface area contributed by atoms with Crippen LogP contribution in [0.4, 0.5) is 0 Å². The van der Waals surface area contributed by atoms with Gasteiger partial charge in [-0.1, -0.05) is 12.1 Å². The monoisotopic (exact) mass is 284 g/mol. The fourth-order valence-corrected chi connectivity index (χ4v) is 3.72. The molecule has 0 aliphatic rings. The molecule has 0 saturated carbocycles. The van der Waals surface area contributed by atoms with Crippen molar-refractivity contribution in [3.05, 3.63) is 29.3 Å². The van der Waals surface area contributed by atoms with Crippen molar-refractivity contribution in [1.29, 1.82) is 0 Å². The van der Waals surface area contributed by atoms with Crippen molar-refractivity contribution in [2.45, 2.75) is 38.6 Å². The van der Waals surface area contributed by atoms with Gasteiger partial charge >= 0.3 is 0 Å². The van der Waals surface area contributed by atoms with E-state index in [1.165, 1.54) is 0 Å². The number of benzene rings is 1. The average Bonchev–Trinajstić information content (AvgIpc) is 2.28. The maximum atomic E-state index is 12.6. The molecule has 19 heavy (non-hydrogen) atoms. The van der Waals surface area contributed by atoms with E-state index < -0.39 is 15.9 Å². The number of nitrogens with zero attached hydrogens (tertiary/aromatic N) is 1. The molecule has 1 aromatic carbocycles. The number of carbonyl (C=O) groups excluding carboxylic acids is 1. The first-order valence-corrected chi connectivity index (χ1v) is 7.47. The van der Waals surface area contributed by atoms with Crippen LogP contribution >= 0.6 is 0 Å². The molecular formula is C13H20N2O3S. The SMILES string of the molecule is Cc1ccc(C)c(S(=O)(=O)N(CC(N)=O)C(C)C)c1. The highest BCUT2D eigenvalue weighted by Crippen LogP contribution is 2.22. The van der Waals surface area contributed by atoms with E-state index in [1.54, 1.807) is 32.9 Å². The van der Waals surface area contributed by atoms with E-state index in [2.05, 4.69) is 0 Å². The second kappa shape index (κ2) is 5.71. The Morgan fingerprint density at radius 1 is 1.32 bits per heavy atom. The highest BCUT2D eigenvalue weighted by molar-refractivity contribution is 7.89. The van der Waals surface area contributed by atoms with Gasteiger partial charge in [0.1, 0.15) is 0 Å². The zero-order chi connectivity index (χ0) is 14.8. The minimum Gasteiger partial charge on any atom is -0.369 e. The van der Waals surface area contributed by atoms with E-state index >= 15 is 0 Å². The first-order chi connectivity index (χ1) is 8.66. The van der Waals surface area contributed by atoms with E-state index in [-0.39, 0.29) is 17.5 Å². The molecule has 0 heterocycles. The van der Waals surface area contributed by atoms with Crippen LogP contribution in [0.3, 0.4) is 0 Å². The average molecular weight is 284 g/mol. The van der Waals surface area contributed by atoms with Gasteiger partial charge in [-0.05, 0) is 44.9 Å². The molecule has 0 aromatic heterocycles. The number of primary amides is 1. The van der Waals surface area contributed by atoms with E-state index in [4.69, 9.17) is 5.73 Å². The van der Waals surface area contributed by atoms with Crippen LogP contribution in [0.2, 0.25) is 0 Å². The number of aryl methyl sites for hydroxylation is 2. The highest BCUT2D eigenvalue weighted by atomic mass is 32.2. The molecule has 0 radical (unpaired) electrons. The Labute approximate surface area is 114 Å². The predicted molar refractivity (Wildman–Crippen MR) is 74.1 cm³/mol. The second-order valence-corrected chi connectivity index (χ2v) is 6.74. The van der Waals surface area contributed by atoms with Crippen LogP contribution in [-0.4, -0.2) is 31.2 Å². The largest absolute Gasteiger partial charge is 0.369 e. The Kier molecular flexibility index (Phi) is 4.70. The van der Waals surface area contributed by atoms with Gasteiger partial charge in [-0.15, -0.1) is 0 Å². The summed E-state index contributed by atoms with van der Waals surface area (Å²) in [7, 11) is -3.72. The standard InChI is InChI=1S/C13H20N2O3S/c1-9(2)15(8-13(14)16)19(17,18)12-7-10(3)5-6-11(12)4/h5-7,9H,8H2,1-4H3,(H2,14,16). The normalized spacial score (nSPS) is 12.1. The molecular weight excluding hydrogens is 264 g/mol. The molecule has 2 N–H and O–H groups in total. The Hall–Kier alpha value is -1.40. The lowest BCUT2D eigenvalue weighted by Gasteiger charge is -2.25. The fraction of sp³-hybridized carbons (Fsp3) is 0.462. The molecule has 6 heteroatoms. The van der Waals surface area contributed by atoms with Gasteiger partial charge in [0, 0.05) is 6.04 Å². The summed E-state index contributed by atoms with van der Waals surface area (Å²) in [5.74, 6) is -0.664. The molecule has 1 amide bonds. The molecule has 0 saturated heterocycles. The van der Waals surface area contributed by atoms with E-state index in [1.807, 2.05) is 13.0 Å². The molecule has 5 nitrogen and oxygen atoms in total. The van der Waals surface area contributed by atoms with Crippen LogP contribution < -0.4 is 5.73 Å². The quantitative estimate of drug-likeness (QED) is 0.882. The maximum absolute atomic E-state index is 12.6. The Balaban J connectivity index is 3.34. The third-order valence-corrected chi connectivity index (χ3v) is 4.98. The molecule has 0 bridgehead atoms. The van der Waals surface area contributed by atoms with Crippen molar-refractivity contribution >= 4 is 15.9 Å². The first kappa shape index (κ1) is 15.7. The van der Waals surface area contributed by atoms with Crippen molar-refractivity contribution < 1.29 is 13.2 Å². The lowest BCUT2D eigenvalue weighted by molar-refractivity contribution is -0.118. The van der Waals surface area contributed by atoms with Gasteiger partial charge in [0.2, 0.25) is 15.9 Å². The van der Waals surface area contributed by atoms with Gasteiger partial charge in [-0.25, -0.2) is 8.42 Å². The third-order valence-electron chi connectivity index (χ3n) is 2.82. The van der Waals surface area contributed by atoms with Crippen LogP contribution in [0, 0.1) is 13.8 Å². The number of hydrogen-bond donors (Lipinski definition) is 1. The molecule has 0 aliphatic carbocycles. The molecule has 1 aromatic rings. The zero-order valence-corrected chi connectivity index (χ0v) is 12.5. The highest BCUT2D eigenvalue weighted by Gasteiger charge is 2.29. The molecule has 106 valence electrons. The second-order valence-electron chi connectivity index (χ2n) is 4.88. The van der Waals surface area contributed by atoms with Crippen molar-refractivity contribution in [1.82, 2.24) is 4.31 Å². The van der Waals surface area contributed by atoms with Crippen molar-refractivity contribution in [2.24, 2.45) is 5.73 Å². The molecule has 0 aliphatic heterocycles. The van der Waals surface area contributed by atoms with Crippen LogP contribution in [-0.2, 0) is 14.8 Å². The van der Waals surface area contributed by atoms with Gasteiger partial charge in [0.25, 0.3) is 0 Å². The number of nitrogens with two attached hydrogens (primary N) is 1. The number of hydrogen-bond acceptors (Lipinski definition) is 3. The topological polar surface area (TPSA) is 80.5 Å². The summed E-state index contributed by atoms with van der Waals surface area (Å²) in [6.45, 7) is 6.67. The van der Waals surface area contributed by atoms with Crippen molar-refractivity contribution in [3.8, 4) is 0 Å². The summed E-state index contributed by atoms with van der Waals surface area (Å²) in [6.07, 6.45) is 0.